The second kappa shape index (κ2) is 15.0. The van der Waals surface area contributed by atoms with Crippen LogP contribution in [0.4, 0.5) is 34.3 Å². The van der Waals surface area contributed by atoms with E-state index >= 15 is 0 Å². The molecule has 0 atom stereocenters. The van der Waals surface area contributed by atoms with E-state index in [1.165, 1.54) is 22.3 Å². The average Bonchev–Trinajstić information content (AvgIpc) is 3.65. The number of fused-ring (bicyclic) bond motifs is 4. The minimum absolute atomic E-state index is 0.828. The zero-order valence-corrected chi connectivity index (χ0v) is 32.8. The third-order valence-corrected chi connectivity index (χ3v) is 11.4. The molecule has 0 bridgehead atoms. The second-order valence-corrected chi connectivity index (χ2v) is 15.0. The SMILES string of the molecule is c1ccc(-c2ccc(N(c3ccc(-c4ccccc4)cc3)c3ccc(-c4ccc5c6c(n(-c7ccccc7)c5c4)N(c4ccccc4)c4ccccc4O6)cc3)cc2)cc1. The summed E-state index contributed by atoms with van der Waals surface area (Å²) in [5.41, 5.74) is 14.5. The number of rotatable bonds is 8. The van der Waals surface area contributed by atoms with Crippen molar-refractivity contribution in [1.29, 1.82) is 0 Å². The molecule has 0 radical (unpaired) electrons. The summed E-state index contributed by atoms with van der Waals surface area (Å²) in [5, 5.41) is 1.05. The number of para-hydroxylation sites is 4. The summed E-state index contributed by atoms with van der Waals surface area (Å²) in [4.78, 5) is 4.65. The summed E-state index contributed by atoms with van der Waals surface area (Å²) in [7, 11) is 0. The minimum atomic E-state index is 0.828. The summed E-state index contributed by atoms with van der Waals surface area (Å²) in [5.74, 6) is 2.64. The van der Waals surface area contributed by atoms with E-state index < -0.39 is 0 Å². The van der Waals surface area contributed by atoms with Crippen LogP contribution in [0.3, 0.4) is 0 Å². The van der Waals surface area contributed by atoms with Gasteiger partial charge in [0, 0.05) is 33.8 Å². The Hall–Kier alpha value is -8.08. The molecule has 0 aliphatic carbocycles. The maximum Gasteiger partial charge on any atom is 0.178 e. The Labute approximate surface area is 350 Å². The molecule has 4 heteroatoms. The predicted octanol–water partition coefficient (Wildman–Crippen LogP) is 15.7. The molecule has 11 rings (SSSR count). The van der Waals surface area contributed by atoms with Gasteiger partial charge in [-0.15, -0.1) is 0 Å². The van der Waals surface area contributed by atoms with E-state index in [1.54, 1.807) is 0 Å². The Kier molecular flexibility index (Phi) is 8.79. The van der Waals surface area contributed by atoms with Crippen LogP contribution in [0.15, 0.2) is 237 Å². The van der Waals surface area contributed by atoms with Gasteiger partial charge in [-0.3, -0.25) is 9.47 Å². The van der Waals surface area contributed by atoms with Crippen molar-refractivity contribution in [1.82, 2.24) is 4.57 Å². The third kappa shape index (κ3) is 6.28. The number of aromatic nitrogens is 1. The minimum Gasteiger partial charge on any atom is -0.451 e. The summed E-state index contributed by atoms with van der Waals surface area (Å²) < 4.78 is 9.15. The van der Waals surface area contributed by atoms with E-state index in [4.69, 9.17) is 4.74 Å². The largest absolute Gasteiger partial charge is 0.451 e. The lowest BCUT2D eigenvalue weighted by Crippen LogP contribution is -2.18. The van der Waals surface area contributed by atoms with Crippen LogP contribution in [-0.2, 0) is 0 Å². The van der Waals surface area contributed by atoms with Crippen LogP contribution in [0.1, 0.15) is 0 Å². The summed E-state index contributed by atoms with van der Waals surface area (Å²) in [6.07, 6.45) is 0. The first kappa shape index (κ1) is 35.1. The maximum atomic E-state index is 6.81. The molecule has 4 nitrogen and oxygen atoms in total. The Morgan fingerprint density at radius 3 is 1.30 bits per heavy atom. The van der Waals surface area contributed by atoms with Gasteiger partial charge in [-0.1, -0.05) is 152 Å². The number of hydrogen-bond donors (Lipinski definition) is 0. The standard InChI is InChI=1S/C56H39N3O/c1-5-15-40(16-6-1)42-25-32-48(33-26-42)57(49-34-27-43(28-35-49)41-17-7-2-8-18-41)50-36-29-44(30-37-50)45-31-38-51-53(39-45)59(47-21-11-4-12-22-47)56-55(51)60-54-24-14-13-23-52(54)58(56)46-19-9-3-10-20-46/h1-39H. The molecule has 10 aromatic rings. The van der Waals surface area contributed by atoms with Crippen molar-refractivity contribution >= 4 is 45.2 Å². The van der Waals surface area contributed by atoms with E-state index in [9.17, 15) is 0 Å². The number of hydrogen-bond acceptors (Lipinski definition) is 3. The van der Waals surface area contributed by atoms with Gasteiger partial charge in [0.1, 0.15) is 0 Å². The lowest BCUT2D eigenvalue weighted by molar-refractivity contribution is 0.481. The van der Waals surface area contributed by atoms with Gasteiger partial charge in [0.25, 0.3) is 0 Å². The van der Waals surface area contributed by atoms with Crippen LogP contribution in [0.2, 0.25) is 0 Å². The molecule has 2 heterocycles. The second-order valence-electron chi connectivity index (χ2n) is 15.0. The average molecular weight is 770 g/mol. The topological polar surface area (TPSA) is 20.6 Å². The van der Waals surface area contributed by atoms with Crippen LogP contribution < -0.4 is 14.5 Å². The lowest BCUT2D eigenvalue weighted by Gasteiger charge is -2.32. The first-order valence-corrected chi connectivity index (χ1v) is 20.3. The quantitative estimate of drug-likeness (QED) is 0.154. The van der Waals surface area contributed by atoms with Gasteiger partial charge in [0.05, 0.1) is 11.2 Å². The number of ether oxygens (including phenoxy) is 1. The van der Waals surface area contributed by atoms with Crippen molar-refractivity contribution in [3.63, 3.8) is 0 Å². The molecule has 0 spiro atoms. The van der Waals surface area contributed by atoms with E-state index in [2.05, 4.69) is 245 Å². The Morgan fingerprint density at radius 2 is 0.767 bits per heavy atom. The zero-order chi connectivity index (χ0) is 39.8. The van der Waals surface area contributed by atoms with Gasteiger partial charge in [0.2, 0.25) is 0 Å². The number of anilines is 6. The van der Waals surface area contributed by atoms with Crippen molar-refractivity contribution in [2.24, 2.45) is 0 Å². The highest BCUT2D eigenvalue weighted by Gasteiger charge is 2.33. The highest BCUT2D eigenvalue weighted by Crippen LogP contribution is 2.55. The van der Waals surface area contributed by atoms with E-state index in [1.807, 2.05) is 6.07 Å². The van der Waals surface area contributed by atoms with Crippen LogP contribution in [0.5, 0.6) is 11.5 Å². The van der Waals surface area contributed by atoms with Crippen molar-refractivity contribution in [3.05, 3.63) is 237 Å². The van der Waals surface area contributed by atoms with Crippen LogP contribution in [0.25, 0.3) is 50.0 Å². The number of benzene rings is 9. The van der Waals surface area contributed by atoms with Crippen LogP contribution >= 0.6 is 0 Å². The van der Waals surface area contributed by atoms with Gasteiger partial charge < -0.3 is 9.64 Å². The van der Waals surface area contributed by atoms with Crippen molar-refractivity contribution in [3.8, 4) is 50.6 Å². The Balaban J connectivity index is 1.01. The van der Waals surface area contributed by atoms with Crippen LogP contribution in [0, 0.1) is 0 Å². The van der Waals surface area contributed by atoms with Gasteiger partial charge in [0.15, 0.2) is 17.3 Å². The fraction of sp³-hybridized carbons (Fsp3) is 0. The molecule has 0 unspecified atom stereocenters. The molecular formula is C56H39N3O. The van der Waals surface area contributed by atoms with Gasteiger partial charge >= 0.3 is 0 Å². The molecule has 0 saturated carbocycles. The van der Waals surface area contributed by atoms with E-state index in [-0.39, 0.29) is 0 Å². The molecule has 0 saturated heterocycles. The fourth-order valence-corrected chi connectivity index (χ4v) is 8.47. The van der Waals surface area contributed by atoms with Crippen molar-refractivity contribution < 1.29 is 4.74 Å². The highest BCUT2D eigenvalue weighted by molar-refractivity contribution is 6.02. The van der Waals surface area contributed by atoms with Crippen LogP contribution in [-0.4, -0.2) is 4.57 Å². The normalized spacial score (nSPS) is 11.8. The molecular weight excluding hydrogens is 731 g/mol. The Bertz CT molecular complexity index is 2990. The van der Waals surface area contributed by atoms with Gasteiger partial charge in [-0.2, -0.15) is 0 Å². The molecule has 60 heavy (non-hydrogen) atoms. The zero-order valence-electron chi connectivity index (χ0n) is 32.8. The van der Waals surface area contributed by atoms with E-state index in [0.29, 0.717) is 0 Å². The molecule has 0 fully saturated rings. The highest BCUT2D eigenvalue weighted by atomic mass is 16.5. The predicted molar refractivity (Wildman–Crippen MR) is 249 cm³/mol. The Morgan fingerprint density at radius 1 is 0.350 bits per heavy atom. The van der Waals surface area contributed by atoms with Crippen molar-refractivity contribution in [2.45, 2.75) is 0 Å². The molecule has 9 aromatic carbocycles. The molecule has 284 valence electrons. The third-order valence-electron chi connectivity index (χ3n) is 11.4. The first-order chi connectivity index (χ1) is 29.8. The van der Waals surface area contributed by atoms with Crippen molar-refractivity contribution in [2.75, 3.05) is 9.80 Å². The summed E-state index contributed by atoms with van der Waals surface area (Å²) in [6, 6.07) is 83.9. The summed E-state index contributed by atoms with van der Waals surface area (Å²) in [6.45, 7) is 0. The lowest BCUT2D eigenvalue weighted by atomic mass is 10.0. The molecule has 0 amide bonds. The first-order valence-electron chi connectivity index (χ1n) is 20.3. The molecule has 1 aliphatic rings. The summed E-state index contributed by atoms with van der Waals surface area (Å²) >= 11 is 0. The molecule has 1 aromatic heterocycles. The molecule has 1 aliphatic heterocycles. The van der Waals surface area contributed by atoms with Gasteiger partial charge in [-0.05, 0) is 118 Å². The maximum absolute atomic E-state index is 6.81. The smallest absolute Gasteiger partial charge is 0.178 e. The fourth-order valence-electron chi connectivity index (χ4n) is 8.47. The van der Waals surface area contributed by atoms with E-state index in [0.717, 1.165) is 73.5 Å². The van der Waals surface area contributed by atoms with Gasteiger partial charge in [-0.25, -0.2) is 0 Å². The monoisotopic (exact) mass is 769 g/mol. The number of nitrogens with zero attached hydrogens (tertiary/aromatic N) is 3. The molecule has 0 N–H and O–H groups in total.